The second-order valence-electron chi connectivity index (χ2n) is 5.46. The molecule has 1 aliphatic rings. The van der Waals surface area contributed by atoms with Gasteiger partial charge >= 0.3 is 0 Å². The number of nitrogens with two attached hydrogens (primary N) is 1. The lowest BCUT2D eigenvalue weighted by Crippen LogP contribution is -2.35. The van der Waals surface area contributed by atoms with Crippen LogP contribution < -0.4 is 5.73 Å². The molecule has 2 atom stereocenters. The minimum Gasteiger partial charge on any atom is -0.399 e. The van der Waals surface area contributed by atoms with Gasteiger partial charge in [-0.05, 0) is 54.1 Å². The topological polar surface area (TPSA) is 49.6 Å². The van der Waals surface area contributed by atoms with Crippen molar-refractivity contribution in [2.24, 2.45) is 5.92 Å². The minimum atomic E-state index is 0.0513. The molecule has 1 aliphatic heterocycles. The van der Waals surface area contributed by atoms with Gasteiger partial charge in [-0.3, -0.25) is 4.79 Å². The Morgan fingerprint density at radius 1 is 1.42 bits per heavy atom. The Hall–Kier alpha value is -1.07. The van der Waals surface area contributed by atoms with Gasteiger partial charge in [0.2, 0.25) is 0 Å². The number of likely N-dealkylation sites (tertiary alicyclic amines) is 1. The van der Waals surface area contributed by atoms with E-state index in [0.29, 0.717) is 23.2 Å². The smallest absolute Gasteiger partial charge is 0.255 e. The fraction of sp³-hybridized carbons (Fsp3) is 0.500. The monoisotopic (exact) mass is 325 g/mol. The summed E-state index contributed by atoms with van der Waals surface area (Å²) < 4.78 is 0.799. The molecule has 1 heterocycles. The highest BCUT2D eigenvalue weighted by Crippen LogP contribution is 2.26. The molecule has 19 heavy (non-hydrogen) atoms. The third-order valence-corrected chi connectivity index (χ3v) is 4.44. The van der Waals surface area contributed by atoms with Gasteiger partial charge in [-0.1, -0.05) is 6.92 Å². The van der Waals surface area contributed by atoms with E-state index in [1.807, 2.05) is 11.0 Å². The van der Waals surface area contributed by atoms with E-state index in [1.165, 1.54) is 0 Å². The van der Waals surface area contributed by atoms with Crippen LogP contribution in [0, 0.1) is 5.92 Å². The highest BCUT2D eigenvalue weighted by Gasteiger charge is 2.34. The van der Waals surface area contributed by atoms with Crippen molar-refractivity contribution in [1.82, 2.24) is 9.80 Å². The molecule has 4 nitrogen and oxygen atoms in total. The van der Waals surface area contributed by atoms with Gasteiger partial charge in [-0.15, -0.1) is 0 Å². The molecule has 1 amide bonds. The van der Waals surface area contributed by atoms with E-state index in [-0.39, 0.29) is 5.91 Å². The Bertz CT molecular complexity index is 490. The van der Waals surface area contributed by atoms with Crippen molar-refractivity contribution in [3.63, 3.8) is 0 Å². The van der Waals surface area contributed by atoms with Crippen LogP contribution in [0.1, 0.15) is 17.3 Å². The predicted molar refractivity (Wildman–Crippen MR) is 81.1 cm³/mol. The van der Waals surface area contributed by atoms with E-state index in [9.17, 15) is 4.79 Å². The molecule has 0 radical (unpaired) electrons. The molecule has 2 rings (SSSR count). The molecule has 0 bridgehead atoms. The molecule has 104 valence electrons. The largest absolute Gasteiger partial charge is 0.399 e. The van der Waals surface area contributed by atoms with E-state index in [0.717, 1.165) is 17.6 Å². The van der Waals surface area contributed by atoms with E-state index < -0.39 is 0 Å². The summed E-state index contributed by atoms with van der Waals surface area (Å²) in [6.45, 7) is 3.75. The Kier molecular flexibility index (Phi) is 4.16. The number of nitrogen functional groups attached to an aromatic ring is 1. The number of rotatable bonds is 2. The molecule has 5 heteroatoms. The van der Waals surface area contributed by atoms with Gasteiger partial charge in [0.1, 0.15) is 0 Å². The lowest BCUT2D eigenvalue weighted by molar-refractivity contribution is 0.0780. The van der Waals surface area contributed by atoms with Crippen LogP contribution in [-0.4, -0.2) is 48.9 Å². The third kappa shape index (κ3) is 2.92. The van der Waals surface area contributed by atoms with Crippen LogP contribution in [-0.2, 0) is 0 Å². The number of benzene rings is 1. The van der Waals surface area contributed by atoms with Gasteiger partial charge in [0.15, 0.2) is 0 Å². The maximum atomic E-state index is 12.6. The van der Waals surface area contributed by atoms with Crippen molar-refractivity contribution >= 4 is 27.5 Å². The van der Waals surface area contributed by atoms with Crippen molar-refractivity contribution in [3.8, 4) is 0 Å². The average molecular weight is 326 g/mol. The number of halogens is 1. The molecule has 2 unspecified atom stereocenters. The molecule has 1 saturated heterocycles. The Morgan fingerprint density at radius 2 is 2.11 bits per heavy atom. The highest BCUT2D eigenvalue weighted by molar-refractivity contribution is 9.10. The first-order chi connectivity index (χ1) is 8.90. The molecule has 1 aromatic rings. The fourth-order valence-electron chi connectivity index (χ4n) is 2.66. The fourth-order valence-corrected chi connectivity index (χ4v) is 3.08. The zero-order valence-corrected chi connectivity index (χ0v) is 13.1. The van der Waals surface area contributed by atoms with Gasteiger partial charge in [0.05, 0.1) is 5.56 Å². The van der Waals surface area contributed by atoms with E-state index in [4.69, 9.17) is 5.73 Å². The summed E-state index contributed by atoms with van der Waals surface area (Å²) in [5.74, 6) is 0.536. The lowest BCUT2D eigenvalue weighted by Gasteiger charge is -2.22. The summed E-state index contributed by atoms with van der Waals surface area (Å²) in [5.41, 5.74) is 7.03. The van der Waals surface area contributed by atoms with Crippen LogP contribution in [0.4, 0.5) is 5.69 Å². The van der Waals surface area contributed by atoms with Gasteiger partial charge < -0.3 is 15.5 Å². The van der Waals surface area contributed by atoms with Gasteiger partial charge in [-0.25, -0.2) is 0 Å². The van der Waals surface area contributed by atoms with Gasteiger partial charge in [0, 0.05) is 29.3 Å². The standard InChI is InChI=1S/C14H20BrN3O/c1-9-7-18(8-13(9)17(2)3)14(19)11-6-10(16)4-5-12(11)15/h4-6,9,13H,7-8,16H2,1-3H3. The second-order valence-corrected chi connectivity index (χ2v) is 6.31. The molecule has 0 aromatic heterocycles. The summed E-state index contributed by atoms with van der Waals surface area (Å²) in [5, 5.41) is 0. The first kappa shape index (κ1) is 14.3. The zero-order chi connectivity index (χ0) is 14.2. The minimum absolute atomic E-state index is 0.0513. The van der Waals surface area contributed by atoms with Crippen molar-refractivity contribution < 1.29 is 4.79 Å². The zero-order valence-electron chi connectivity index (χ0n) is 11.6. The van der Waals surface area contributed by atoms with Crippen LogP contribution >= 0.6 is 15.9 Å². The summed E-state index contributed by atoms with van der Waals surface area (Å²) in [7, 11) is 4.12. The maximum Gasteiger partial charge on any atom is 0.255 e. The number of likely N-dealkylation sites (N-methyl/N-ethyl adjacent to an activating group) is 1. The first-order valence-corrected chi connectivity index (χ1v) is 7.20. The molecule has 1 fully saturated rings. The number of carbonyl (C=O) groups excluding carboxylic acids is 1. The number of amides is 1. The Balaban J connectivity index is 2.19. The summed E-state index contributed by atoms with van der Waals surface area (Å²) >= 11 is 3.42. The van der Waals surface area contributed by atoms with Crippen molar-refractivity contribution in [2.45, 2.75) is 13.0 Å². The van der Waals surface area contributed by atoms with Gasteiger partial charge in [-0.2, -0.15) is 0 Å². The van der Waals surface area contributed by atoms with Crippen LogP contribution in [0.5, 0.6) is 0 Å². The first-order valence-electron chi connectivity index (χ1n) is 6.41. The number of hydrogen-bond acceptors (Lipinski definition) is 3. The van der Waals surface area contributed by atoms with Crippen molar-refractivity contribution in [1.29, 1.82) is 0 Å². The Labute approximate surface area is 122 Å². The maximum absolute atomic E-state index is 12.6. The summed E-state index contributed by atoms with van der Waals surface area (Å²) in [6, 6.07) is 5.77. The molecular weight excluding hydrogens is 306 g/mol. The van der Waals surface area contributed by atoms with Crippen LogP contribution in [0.3, 0.4) is 0 Å². The Morgan fingerprint density at radius 3 is 2.68 bits per heavy atom. The molecule has 0 spiro atoms. The van der Waals surface area contributed by atoms with E-state index in [2.05, 4.69) is 41.8 Å². The van der Waals surface area contributed by atoms with Crippen LogP contribution in [0.2, 0.25) is 0 Å². The van der Waals surface area contributed by atoms with Crippen LogP contribution in [0.15, 0.2) is 22.7 Å². The number of hydrogen-bond donors (Lipinski definition) is 1. The number of nitrogens with zero attached hydrogens (tertiary/aromatic N) is 2. The second kappa shape index (κ2) is 5.51. The van der Waals surface area contributed by atoms with E-state index in [1.54, 1.807) is 12.1 Å². The predicted octanol–water partition coefficient (Wildman–Crippen LogP) is 2.05. The van der Waals surface area contributed by atoms with Crippen molar-refractivity contribution in [2.75, 3.05) is 32.9 Å². The van der Waals surface area contributed by atoms with Gasteiger partial charge in [0.25, 0.3) is 5.91 Å². The molecule has 0 saturated carbocycles. The number of anilines is 1. The molecule has 1 aromatic carbocycles. The van der Waals surface area contributed by atoms with Crippen LogP contribution in [0.25, 0.3) is 0 Å². The number of carbonyl (C=O) groups is 1. The van der Waals surface area contributed by atoms with Crippen molar-refractivity contribution in [3.05, 3.63) is 28.2 Å². The molecular formula is C14H20BrN3O. The third-order valence-electron chi connectivity index (χ3n) is 3.74. The normalized spacial score (nSPS) is 23.1. The lowest BCUT2D eigenvalue weighted by atomic mass is 10.1. The summed E-state index contributed by atoms with van der Waals surface area (Å²) in [6.07, 6.45) is 0. The van der Waals surface area contributed by atoms with E-state index >= 15 is 0 Å². The quantitative estimate of drug-likeness (QED) is 0.847. The average Bonchev–Trinajstić information content (AvgIpc) is 2.74. The summed E-state index contributed by atoms with van der Waals surface area (Å²) in [4.78, 5) is 16.7. The molecule has 0 aliphatic carbocycles. The highest BCUT2D eigenvalue weighted by atomic mass is 79.9. The SMILES string of the molecule is CC1CN(C(=O)c2cc(N)ccc2Br)CC1N(C)C. The molecule has 2 N–H and O–H groups in total.